The van der Waals surface area contributed by atoms with Gasteiger partial charge in [-0.3, -0.25) is 9.69 Å². The molecule has 0 aliphatic carbocycles. The maximum atomic E-state index is 11.6. The van der Waals surface area contributed by atoms with Crippen LogP contribution in [0.1, 0.15) is 35.2 Å². The summed E-state index contributed by atoms with van der Waals surface area (Å²) >= 11 is 0. The minimum atomic E-state index is -0.0153. The first kappa shape index (κ1) is 19.2. The number of amides is 1. The molecule has 0 spiro atoms. The van der Waals surface area contributed by atoms with E-state index in [1.807, 2.05) is 0 Å². The van der Waals surface area contributed by atoms with Gasteiger partial charge in [0.25, 0.3) is 0 Å². The fraction of sp³-hybridized carbons (Fsp3) is 0.409. The molecule has 1 aliphatic heterocycles. The number of benzene rings is 2. The van der Waals surface area contributed by atoms with Gasteiger partial charge in [-0.1, -0.05) is 24.3 Å². The smallest absolute Gasteiger partial charge is 0.216 e. The van der Waals surface area contributed by atoms with Crippen LogP contribution in [0.3, 0.4) is 0 Å². The van der Waals surface area contributed by atoms with Gasteiger partial charge in [0.1, 0.15) is 0 Å². The van der Waals surface area contributed by atoms with Crippen molar-refractivity contribution in [3.63, 3.8) is 0 Å². The Morgan fingerprint density at radius 2 is 1.89 bits per heavy atom. The van der Waals surface area contributed by atoms with Crippen LogP contribution in [0.5, 0.6) is 11.5 Å². The van der Waals surface area contributed by atoms with Crippen molar-refractivity contribution in [2.45, 2.75) is 32.9 Å². The van der Waals surface area contributed by atoms with Gasteiger partial charge >= 0.3 is 0 Å². The van der Waals surface area contributed by atoms with Crippen LogP contribution in [0.15, 0.2) is 36.4 Å². The first-order chi connectivity index (χ1) is 13.0. The monoisotopic (exact) mass is 368 g/mol. The lowest BCUT2D eigenvalue weighted by molar-refractivity contribution is -0.119. The Kier molecular flexibility index (Phi) is 6.01. The van der Waals surface area contributed by atoms with Crippen LogP contribution in [0.4, 0.5) is 0 Å². The van der Waals surface area contributed by atoms with Gasteiger partial charge in [0.05, 0.1) is 20.3 Å². The fourth-order valence-electron chi connectivity index (χ4n) is 3.76. The van der Waals surface area contributed by atoms with Crippen LogP contribution in [0.2, 0.25) is 0 Å². The molecule has 2 aromatic rings. The highest BCUT2D eigenvalue weighted by Crippen LogP contribution is 2.38. The predicted molar refractivity (Wildman–Crippen MR) is 106 cm³/mol. The van der Waals surface area contributed by atoms with Crippen molar-refractivity contribution >= 4 is 5.91 Å². The molecule has 2 aromatic carbocycles. The standard InChI is InChI=1S/C22H28N2O3/c1-15-7-5-6-8-18(15)14-24-10-9-17-11-21(26-3)22(27-4)12-19(17)20(24)13-23-16(2)25/h5-8,11-12,20H,9-10,13-14H2,1-4H3,(H,23,25)/t20-/m1/s1. The number of fused-ring (bicyclic) bond motifs is 1. The molecule has 0 aromatic heterocycles. The molecule has 1 amide bonds. The van der Waals surface area contributed by atoms with E-state index in [9.17, 15) is 4.79 Å². The molecular formula is C22H28N2O3. The maximum absolute atomic E-state index is 11.6. The third-order valence-corrected chi connectivity index (χ3v) is 5.29. The zero-order valence-electron chi connectivity index (χ0n) is 16.5. The molecule has 0 fully saturated rings. The Hall–Kier alpha value is -2.53. The second-order valence-electron chi connectivity index (χ2n) is 7.01. The number of carbonyl (C=O) groups is 1. The molecule has 0 bridgehead atoms. The number of hydrogen-bond donors (Lipinski definition) is 1. The molecule has 27 heavy (non-hydrogen) atoms. The van der Waals surface area contributed by atoms with Gasteiger partial charge in [0.15, 0.2) is 11.5 Å². The lowest BCUT2D eigenvalue weighted by Gasteiger charge is -2.38. The molecule has 1 atom stereocenters. The van der Waals surface area contributed by atoms with Crippen molar-refractivity contribution in [3.05, 3.63) is 58.7 Å². The number of aryl methyl sites for hydroxylation is 1. The van der Waals surface area contributed by atoms with Crippen LogP contribution in [-0.4, -0.2) is 38.1 Å². The summed E-state index contributed by atoms with van der Waals surface area (Å²) in [4.78, 5) is 14.0. The van der Waals surface area contributed by atoms with Gasteiger partial charge in [-0.05, 0) is 47.7 Å². The third kappa shape index (κ3) is 4.25. The highest BCUT2D eigenvalue weighted by atomic mass is 16.5. The number of nitrogens with zero attached hydrogens (tertiary/aromatic N) is 1. The van der Waals surface area contributed by atoms with Crippen molar-refractivity contribution in [1.29, 1.82) is 0 Å². The van der Waals surface area contributed by atoms with Crippen LogP contribution in [0.25, 0.3) is 0 Å². The Bertz CT molecular complexity index is 819. The molecule has 0 unspecified atom stereocenters. The minimum absolute atomic E-state index is 0.0153. The van der Waals surface area contributed by atoms with E-state index in [-0.39, 0.29) is 11.9 Å². The summed E-state index contributed by atoms with van der Waals surface area (Å²) in [5, 5.41) is 3.00. The highest BCUT2D eigenvalue weighted by Gasteiger charge is 2.29. The van der Waals surface area contributed by atoms with Gasteiger partial charge in [-0.25, -0.2) is 0 Å². The van der Waals surface area contributed by atoms with Crippen molar-refractivity contribution < 1.29 is 14.3 Å². The Morgan fingerprint density at radius 1 is 1.19 bits per heavy atom. The molecule has 0 saturated carbocycles. The van der Waals surface area contributed by atoms with E-state index >= 15 is 0 Å². The normalized spacial score (nSPS) is 16.5. The first-order valence-corrected chi connectivity index (χ1v) is 9.31. The molecule has 1 N–H and O–H groups in total. The molecule has 144 valence electrons. The largest absolute Gasteiger partial charge is 0.493 e. The van der Waals surface area contributed by atoms with Crippen molar-refractivity contribution in [2.24, 2.45) is 0 Å². The lowest BCUT2D eigenvalue weighted by Crippen LogP contribution is -2.41. The Labute approximate surface area is 161 Å². The molecule has 1 aliphatic rings. The van der Waals surface area contributed by atoms with Gasteiger partial charge in [0.2, 0.25) is 5.91 Å². The first-order valence-electron chi connectivity index (χ1n) is 9.31. The zero-order valence-corrected chi connectivity index (χ0v) is 16.5. The second kappa shape index (κ2) is 8.44. The van der Waals surface area contributed by atoms with Crippen LogP contribution >= 0.6 is 0 Å². The number of carbonyl (C=O) groups excluding carboxylic acids is 1. The maximum Gasteiger partial charge on any atom is 0.216 e. The van der Waals surface area contributed by atoms with Crippen LogP contribution in [0, 0.1) is 6.92 Å². The summed E-state index contributed by atoms with van der Waals surface area (Å²) < 4.78 is 11.0. The number of hydrogen-bond acceptors (Lipinski definition) is 4. The summed E-state index contributed by atoms with van der Waals surface area (Å²) in [6, 6.07) is 12.7. The fourth-order valence-corrected chi connectivity index (χ4v) is 3.76. The molecule has 5 nitrogen and oxygen atoms in total. The summed E-state index contributed by atoms with van der Waals surface area (Å²) in [6.45, 7) is 6.06. The molecule has 3 rings (SSSR count). The minimum Gasteiger partial charge on any atom is -0.493 e. The molecule has 1 heterocycles. The summed E-state index contributed by atoms with van der Waals surface area (Å²) in [5.74, 6) is 1.46. The van der Waals surface area contributed by atoms with E-state index in [0.29, 0.717) is 6.54 Å². The highest BCUT2D eigenvalue weighted by molar-refractivity contribution is 5.72. The van der Waals surface area contributed by atoms with Crippen LogP contribution in [-0.2, 0) is 17.8 Å². The number of ether oxygens (including phenoxy) is 2. The average Bonchev–Trinajstić information content (AvgIpc) is 2.67. The van der Waals surface area contributed by atoms with Gasteiger partial charge in [0, 0.05) is 26.6 Å². The van der Waals surface area contributed by atoms with Crippen molar-refractivity contribution in [2.75, 3.05) is 27.3 Å². The van der Waals surface area contributed by atoms with Gasteiger partial charge in [-0.15, -0.1) is 0 Å². The summed E-state index contributed by atoms with van der Waals surface area (Å²) in [7, 11) is 3.31. The molecule has 0 saturated heterocycles. The quantitative estimate of drug-likeness (QED) is 0.850. The predicted octanol–water partition coefficient (Wildman–Crippen LogP) is 3.25. The third-order valence-electron chi connectivity index (χ3n) is 5.29. The van der Waals surface area contributed by atoms with Crippen molar-refractivity contribution in [3.8, 4) is 11.5 Å². The summed E-state index contributed by atoms with van der Waals surface area (Å²) in [6.07, 6.45) is 0.943. The van der Waals surface area contributed by atoms with E-state index < -0.39 is 0 Å². The van der Waals surface area contributed by atoms with E-state index in [1.54, 1.807) is 21.1 Å². The number of methoxy groups -OCH3 is 2. The average molecular weight is 368 g/mol. The van der Waals surface area contributed by atoms with Gasteiger partial charge in [-0.2, -0.15) is 0 Å². The lowest BCUT2D eigenvalue weighted by atomic mass is 9.91. The SMILES string of the molecule is COc1cc2c(cc1OC)[C@@H](CNC(C)=O)N(Cc1ccccc1C)CC2. The topological polar surface area (TPSA) is 50.8 Å². The number of nitrogens with one attached hydrogen (secondary N) is 1. The number of rotatable bonds is 6. The second-order valence-corrected chi connectivity index (χ2v) is 7.01. The summed E-state index contributed by atoms with van der Waals surface area (Å²) in [5.41, 5.74) is 5.05. The van der Waals surface area contributed by atoms with E-state index in [0.717, 1.165) is 31.0 Å². The van der Waals surface area contributed by atoms with E-state index in [1.165, 1.54) is 22.3 Å². The van der Waals surface area contributed by atoms with Crippen LogP contribution < -0.4 is 14.8 Å². The van der Waals surface area contributed by atoms with E-state index in [2.05, 4.69) is 53.5 Å². The van der Waals surface area contributed by atoms with Gasteiger partial charge < -0.3 is 14.8 Å². The Morgan fingerprint density at radius 3 is 2.56 bits per heavy atom. The molecular weight excluding hydrogens is 340 g/mol. The zero-order chi connectivity index (χ0) is 19.4. The Balaban J connectivity index is 1.96. The van der Waals surface area contributed by atoms with Crippen molar-refractivity contribution in [1.82, 2.24) is 10.2 Å². The van der Waals surface area contributed by atoms with E-state index in [4.69, 9.17) is 9.47 Å². The molecule has 5 heteroatoms. The molecule has 0 radical (unpaired) electrons.